The third-order valence-corrected chi connectivity index (χ3v) is 3.73. The summed E-state index contributed by atoms with van der Waals surface area (Å²) < 4.78 is 0.441. The SMILES string of the molecule is C=CCC(C)(CCCCC)SC. The van der Waals surface area contributed by atoms with E-state index in [0.29, 0.717) is 4.75 Å². The molecule has 0 radical (unpaired) electrons. The van der Waals surface area contributed by atoms with Crippen LogP contribution >= 0.6 is 11.8 Å². The van der Waals surface area contributed by atoms with Gasteiger partial charge in [-0.25, -0.2) is 0 Å². The van der Waals surface area contributed by atoms with E-state index < -0.39 is 0 Å². The van der Waals surface area contributed by atoms with Crippen molar-refractivity contribution >= 4 is 11.8 Å². The Labute approximate surface area is 81.8 Å². The highest BCUT2D eigenvalue weighted by atomic mass is 32.2. The number of rotatable bonds is 7. The quantitative estimate of drug-likeness (QED) is 0.423. The van der Waals surface area contributed by atoms with Crippen molar-refractivity contribution in [1.29, 1.82) is 0 Å². The van der Waals surface area contributed by atoms with Crippen LogP contribution < -0.4 is 0 Å². The summed E-state index contributed by atoms with van der Waals surface area (Å²) in [5, 5.41) is 0. The van der Waals surface area contributed by atoms with Crippen LogP contribution in [0.1, 0.15) is 46.0 Å². The summed E-state index contributed by atoms with van der Waals surface area (Å²) in [5.41, 5.74) is 0. The molecule has 0 nitrogen and oxygen atoms in total. The predicted molar refractivity (Wildman–Crippen MR) is 60.9 cm³/mol. The van der Waals surface area contributed by atoms with Gasteiger partial charge < -0.3 is 0 Å². The van der Waals surface area contributed by atoms with E-state index in [9.17, 15) is 0 Å². The fraction of sp³-hybridized carbons (Fsp3) is 0.818. The number of allylic oxidation sites excluding steroid dienone is 1. The van der Waals surface area contributed by atoms with Gasteiger partial charge in [0.2, 0.25) is 0 Å². The molecule has 0 amide bonds. The Morgan fingerprint density at radius 1 is 1.42 bits per heavy atom. The highest BCUT2D eigenvalue weighted by molar-refractivity contribution is 7.99. The van der Waals surface area contributed by atoms with Gasteiger partial charge in [-0.2, -0.15) is 11.8 Å². The summed E-state index contributed by atoms with van der Waals surface area (Å²) in [6.07, 6.45) is 10.8. The molecule has 0 aromatic rings. The number of hydrogen-bond donors (Lipinski definition) is 0. The molecule has 0 spiro atoms. The molecule has 1 unspecified atom stereocenters. The van der Waals surface area contributed by atoms with Crippen LogP contribution in [-0.4, -0.2) is 11.0 Å². The lowest BCUT2D eigenvalue weighted by atomic mass is 9.99. The van der Waals surface area contributed by atoms with Crippen LogP contribution in [-0.2, 0) is 0 Å². The van der Waals surface area contributed by atoms with E-state index in [1.54, 1.807) is 0 Å². The highest BCUT2D eigenvalue weighted by Gasteiger charge is 2.19. The van der Waals surface area contributed by atoms with Gasteiger partial charge in [0, 0.05) is 4.75 Å². The molecule has 1 atom stereocenters. The van der Waals surface area contributed by atoms with Gasteiger partial charge in [-0.15, -0.1) is 6.58 Å². The van der Waals surface area contributed by atoms with Crippen molar-refractivity contribution in [3.8, 4) is 0 Å². The molecule has 0 aliphatic rings. The maximum atomic E-state index is 3.81. The number of hydrogen-bond acceptors (Lipinski definition) is 1. The molecule has 0 aliphatic carbocycles. The fourth-order valence-corrected chi connectivity index (χ4v) is 1.97. The summed E-state index contributed by atoms with van der Waals surface area (Å²) in [6, 6.07) is 0. The molecule has 0 aromatic heterocycles. The molecule has 0 heterocycles. The Hall–Kier alpha value is 0.0900. The Bertz CT molecular complexity index is 120. The summed E-state index contributed by atoms with van der Waals surface area (Å²) in [5.74, 6) is 0. The molecule has 0 saturated heterocycles. The second-order valence-corrected chi connectivity index (χ2v) is 5.00. The number of thioether (sulfide) groups is 1. The zero-order valence-electron chi connectivity index (χ0n) is 8.73. The van der Waals surface area contributed by atoms with Crippen molar-refractivity contribution in [3.63, 3.8) is 0 Å². The minimum atomic E-state index is 0.441. The largest absolute Gasteiger partial charge is 0.159 e. The van der Waals surface area contributed by atoms with Crippen molar-refractivity contribution in [3.05, 3.63) is 12.7 Å². The standard InChI is InChI=1S/C11H22S/c1-5-7-8-10-11(3,12-4)9-6-2/h6H,2,5,7-10H2,1,3-4H3. The van der Waals surface area contributed by atoms with Crippen LogP contribution in [0.15, 0.2) is 12.7 Å². The molecule has 0 rings (SSSR count). The van der Waals surface area contributed by atoms with Crippen molar-refractivity contribution < 1.29 is 0 Å². The summed E-state index contributed by atoms with van der Waals surface area (Å²) >= 11 is 1.98. The lowest BCUT2D eigenvalue weighted by Gasteiger charge is -2.25. The second-order valence-electron chi connectivity index (χ2n) is 3.60. The van der Waals surface area contributed by atoms with Gasteiger partial charge in [0.15, 0.2) is 0 Å². The first-order valence-electron chi connectivity index (χ1n) is 4.84. The molecule has 1 heteroatoms. The summed E-state index contributed by atoms with van der Waals surface area (Å²) in [7, 11) is 0. The molecule has 0 bridgehead atoms. The predicted octanol–water partition coefficient (Wildman–Crippen LogP) is 4.26. The molecule has 0 N–H and O–H groups in total. The van der Waals surface area contributed by atoms with E-state index >= 15 is 0 Å². The summed E-state index contributed by atoms with van der Waals surface area (Å²) in [4.78, 5) is 0. The third-order valence-electron chi connectivity index (χ3n) is 2.38. The Balaban J connectivity index is 3.70. The van der Waals surface area contributed by atoms with Crippen LogP contribution in [0.4, 0.5) is 0 Å². The first-order valence-corrected chi connectivity index (χ1v) is 6.07. The molecular formula is C11H22S. The van der Waals surface area contributed by atoms with Crippen LogP contribution in [0.25, 0.3) is 0 Å². The molecule has 0 aliphatic heterocycles. The smallest absolute Gasteiger partial charge is 0.0163 e. The van der Waals surface area contributed by atoms with Gasteiger partial charge in [0.05, 0.1) is 0 Å². The maximum absolute atomic E-state index is 3.81. The lowest BCUT2D eigenvalue weighted by molar-refractivity contribution is 0.544. The molecular weight excluding hydrogens is 164 g/mol. The summed E-state index contributed by atoms with van der Waals surface area (Å²) in [6.45, 7) is 8.40. The van der Waals surface area contributed by atoms with Crippen molar-refractivity contribution in [2.24, 2.45) is 0 Å². The molecule has 72 valence electrons. The van der Waals surface area contributed by atoms with E-state index in [0.717, 1.165) is 6.42 Å². The Morgan fingerprint density at radius 2 is 2.08 bits per heavy atom. The molecule has 12 heavy (non-hydrogen) atoms. The second kappa shape index (κ2) is 6.59. The van der Waals surface area contributed by atoms with E-state index in [4.69, 9.17) is 0 Å². The van der Waals surface area contributed by atoms with Crippen LogP contribution in [0.3, 0.4) is 0 Å². The first-order chi connectivity index (χ1) is 5.68. The van der Waals surface area contributed by atoms with Crippen molar-refractivity contribution in [2.75, 3.05) is 6.26 Å². The zero-order chi connectivity index (χ0) is 9.45. The average Bonchev–Trinajstić information content (AvgIpc) is 2.06. The molecule has 0 fully saturated rings. The normalized spacial score (nSPS) is 15.6. The van der Waals surface area contributed by atoms with E-state index in [1.807, 2.05) is 17.8 Å². The third kappa shape index (κ3) is 4.87. The van der Waals surface area contributed by atoms with Crippen molar-refractivity contribution in [1.82, 2.24) is 0 Å². The molecule has 0 aromatic carbocycles. The van der Waals surface area contributed by atoms with Gasteiger partial charge >= 0.3 is 0 Å². The minimum absolute atomic E-state index is 0.441. The van der Waals surface area contributed by atoms with E-state index in [2.05, 4.69) is 26.7 Å². The maximum Gasteiger partial charge on any atom is 0.0163 e. The zero-order valence-corrected chi connectivity index (χ0v) is 9.54. The average molecular weight is 186 g/mol. The lowest BCUT2D eigenvalue weighted by Crippen LogP contribution is -2.18. The first kappa shape index (κ1) is 12.1. The van der Waals surface area contributed by atoms with Gasteiger partial charge in [0.1, 0.15) is 0 Å². The topological polar surface area (TPSA) is 0 Å². The van der Waals surface area contributed by atoms with Gasteiger partial charge in [-0.05, 0) is 19.1 Å². The Morgan fingerprint density at radius 3 is 2.50 bits per heavy atom. The number of unbranched alkanes of at least 4 members (excludes halogenated alkanes) is 2. The minimum Gasteiger partial charge on any atom is -0.159 e. The van der Waals surface area contributed by atoms with Gasteiger partial charge in [-0.3, -0.25) is 0 Å². The van der Waals surface area contributed by atoms with Gasteiger partial charge in [0.25, 0.3) is 0 Å². The van der Waals surface area contributed by atoms with E-state index in [-0.39, 0.29) is 0 Å². The fourth-order valence-electron chi connectivity index (χ4n) is 1.34. The monoisotopic (exact) mass is 186 g/mol. The highest BCUT2D eigenvalue weighted by Crippen LogP contribution is 2.32. The van der Waals surface area contributed by atoms with E-state index in [1.165, 1.54) is 25.7 Å². The van der Waals surface area contributed by atoms with Crippen LogP contribution in [0, 0.1) is 0 Å². The van der Waals surface area contributed by atoms with Gasteiger partial charge in [-0.1, -0.05) is 39.2 Å². The molecule has 0 saturated carbocycles. The van der Waals surface area contributed by atoms with Crippen LogP contribution in [0.5, 0.6) is 0 Å². The van der Waals surface area contributed by atoms with Crippen molar-refractivity contribution in [2.45, 2.75) is 50.7 Å². The Kier molecular flexibility index (Phi) is 6.64. The van der Waals surface area contributed by atoms with Crippen LogP contribution in [0.2, 0.25) is 0 Å².